The fourth-order valence-corrected chi connectivity index (χ4v) is 3.89. The summed E-state index contributed by atoms with van der Waals surface area (Å²) in [5.41, 5.74) is 0.398. The molecule has 1 aliphatic heterocycles. The molecule has 1 N–H and O–H groups in total. The molecule has 104 valence electrons. The highest BCUT2D eigenvalue weighted by Gasteiger charge is 2.58. The van der Waals surface area contributed by atoms with Gasteiger partial charge in [0.25, 0.3) is 0 Å². The summed E-state index contributed by atoms with van der Waals surface area (Å²) in [5.74, 6) is 0.800. The van der Waals surface area contributed by atoms with Crippen LogP contribution in [0, 0.1) is 11.3 Å². The number of nitrogens with one attached hydrogen (secondary N) is 1. The van der Waals surface area contributed by atoms with Crippen molar-refractivity contribution in [1.82, 2.24) is 10.2 Å². The van der Waals surface area contributed by atoms with Crippen LogP contribution in [0.1, 0.15) is 44.9 Å². The van der Waals surface area contributed by atoms with E-state index >= 15 is 0 Å². The number of amides is 1. The van der Waals surface area contributed by atoms with Crippen LogP contribution in [-0.4, -0.2) is 37.0 Å². The fraction of sp³-hybridized carbons (Fsp3) is 0.929. The highest BCUT2D eigenvalue weighted by atomic mass is 35.5. The minimum atomic E-state index is 0. The molecule has 2 aliphatic carbocycles. The van der Waals surface area contributed by atoms with Crippen LogP contribution in [0.25, 0.3) is 0 Å². The first-order chi connectivity index (χ1) is 8.23. The quantitative estimate of drug-likeness (QED) is 0.836. The molecule has 0 radical (unpaired) electrons. The number of piperidine rings is 1. The van der Waals surface area contributed by atoms with Crippen molar-refractivity contribution in [1.29, 1.82) is 0 Å². The van der Waals surface area contributed by atoms with E-state index in [1.807, 2.05) is 7.05 Å². The first-order valence-electron chi connectivity index (χ1n) is 7.20. The van der Waals surface area contributed by atoms with Crippen molar-refractivity contribution in [2.75, 3.05) is 20.1 Å². The van der Waals surface area contributed by atoms with Crippen molar-refractivity contribution in [3.63, 3.8) is 0 Å². The number of rotatable bonds is 2. The number of hydrogen-bond acceptors (Lipinski definition) is 2. The SMILES string of the molecule is CN(C(=O)C1CC12CCNCC2)C1CCCC1.Cl. The van der Waals surface area contributed by atoms with Gasteiger partial charge in [0.15, 0.2) is 0 Å². The van der Waals surface area contributed by atoms with Crippen molar-refractivity contribution in [2.45, 2.75) is 51.0 Å². The Kier molecular flexibility index (Phi) is 4.22. The third-order valence-corrected chi connectivity index (χ3v) is 5.31. The van der Waals surface area contributed by atoms with E-state index in [4.69, 9.17) is 0 Å². The average Bonchev–Trinajstić information content (AvgIpc) is 2.83. The number of nitrogens with zero attached hydrogens (tertiary/aromatic N) is 1. The Morgan fingerprint density at radius 3 is 2.44 bits per heavy atom. The molecule has 0 aromatic heterocycles. The van der Waals surface area contributed by atoms with Crippen molar-refractivity contribution in [3.8, 4) is 0 Å². The zero-order valence-corrected chi connectivity index (χ0v) is 12.1. The Labute approximate surface area is 116 Å². The van der Waals surface area contributed by atoms with Crippen LogP contribution in [0.2, 0.25) is 0 Å². The third-order valence-electron chi connectivity index (χ3n) is 5.31. The van der Waals surface area contributed by atoms with E-state index in [9.17, 15) is 4.79 Å². The second-order valence-electron chi connectivity index (χ2n) is 6.26. The molecule has 3 rings (SSSR count). The predicted octanol–water partition coefficient (Wildman–Crippen LogP) is 2.20. The fourth-order valence-electron chi connectivity index (χ4n) is 3.89. The molecular weight excluding hydrogens is 248 g/mol. The van der Waals surface area contributed by atoms with Crippen molar-refractivity contribution in [2.24, 2.45) is 11.3 Å². The molecule has 1 atom stereocenters. The lowest BCUT2D eigenvalue weighted by atomic mass is 9.91. The van der Waals surface area contributed by atoms with Gasteiger partial charge in [-0.1, -0.05) is 12.8 Å². The van der Waals surface area contributed by atoms with Gasteiger partial charge in [0.05, 0.1) is 0 Å². The molecule has 0 aromatic carbocycles. The molecule has 0 bridgehead atoms. The van der Waals surface area contributed by atoms with Gasteiger partial charge in [-0.3, -0.25) is 4.79 Å². The predicted molar refractivity (Wildman–Crippen MR) is 74.9 cm³/mol. The lowest BCUT2D eigenvalue weighted by molar-refractivity contribution is -0.134. The van der Waals surface area contributed by atoms with Crippen LogP contribution in [0.4, 0.5) is 0 Å². The van der Waals surface area contributed by atoms with Gasteiger partial charge in [-0.15, -0.1) is 12.4 Å². The highest BCUT2D eigenvalue weighted by molar-refractivity contribution is 5.85. The van der Waals surface area contributed by atoms with E-state index in [2.05, 4.69) is 10.2 Å². The summed E-state index contributed by atoms with van der Waals surface area (Å²) >= 11 is 0. The summed E-state index contributed by atoms with van der Waals surface area (Å²) < 4.78 is 0. The second-order valence-corrected chi connectivity index (χ2v) is 6.26. The van der Waals surface area contributed by atoms with Gasteiger partial charge in [0, 0.05) is 19.0 Å². The molecule has 1 spiro atoms. The first-order valence-corrected chi connectivity index (χ1v) is 7.20. The van der Waals surface area contributed by atoms with E-state index in [0.717, 1.165) is 19.5 Å². The maximum Gasteiger partial charge on any atom is 0.226 e. The summed E-state index contributed by atoms with van der Waals surface area (Å²) in [6.45, 7) is 2.22. The van der Waals surface area contributed by atoms with E-state index in [1.165, 1.54) is 38.5 Å². The monoisotopic (exact) mass is 272 g/mol. The summed E-state index contributed by atoms with van der Waals surface area (Å²) in [5, 5.41) is 3.40. The standard InChI is InChI=1S/C14H24N2O.ClH/c1-16(11-4-2-3-5-11)13(17)12-10-14(12)6-8-15-9-7-14;/h11-12,15H,2-10H2,1H3;1H. The molecular formula is C14H25ClN2O. The van der Waals surface area contributed by atoms with Gasteiger partial charge in [-0.05, 0) is 50.6 Å². The van der Waals surface area contributed by atoms with Crippen LogP contribution in [0.3, 0.4) is 0 Å². The van der Waals surface area contributed by atoms with Crippen LogP contribution >= 0.6 is 12.4 Å². The molecule has 1 amide bonds. The Balaban J connectivity index is 0.00000120. The van der Waals surface area contributed by atoms with Crippen molar-refractivity contribution in [3.05, 3.63) is 0 Å². The van der Waals surface area contributed by atoms with E-state index in [1.54, 1.807) is 0 Å². The number of carbonyl (C=O) groups is 1. The lowest BCUT2D eigenvalue weighted by Gasteiger charge is -2.28. The molecule has 3 fully saturated rings. The average molecular weight is 273 g/mol. The largest absolute Gasteiger partial charge is 0.343 e. The molecule has 4 heteroatoms. The van der Waals surface area contributed by atoms with Crippen molar-refractivity contribution >= 4 is 18.3 Å². The molecule has 3 aliphatic rings. The highest BCUT2D eigenvalue weighted by Crippen LogP contribution is 2.59. The normalized spacial score (nSPS) is 29.9. The van der Waals surface area contributed by atoms with Gasteiger partial charge in [-0.25, -0.2) is 0 Å². The zero-order valence-electron chi connectivity index (χ0n) is 11.3. The summed E-state index contributed by atoms with van der Waals surface area (Å²) in [7, 11) is 2.03. The molecule has 3 nitrogen and oxygen atoms in total. The lowest BCUT2D eigenvalue weighted by Crippen LogP contribution is -2.39. The number of carbonyl (C=O) groups excluding carboxylic acids is 1. The third kappa shape index (κ3) is 2.39. The summed E-state index contributed by atoms with van der Waals surface area (Å²) in [4.78, 5) is 14.5. The van der Waals surface area contributed by atoms with Gasteiger partial charge in [-0.2, -0.15) is 0 Å². The molecule has 1 saturated heterocycles. The Morgan fingerprint density at radius 1 is 1.22 bits per heavy atom. The van der Waals surface area contributed by atoms with Crippen LogP contribution in [0.15, 0.2) is 0 Å². The van der Waals surface area contributed by atoms with Crippen LogP contribution in [-0.2, 0) is 4.79 Å². The Morgan fingerprint density at radius 2 is 1.83 bits per heavy atom. The Bertz CT molecular complexity index is 309. The van der Waals surface area contributed by atoms with Crippen LogP contribution < -0.4 is 5.32 Å². The number of halogens is 1. The van der Waals surface area contributed by atoms with E-state index < -0.39 is 0 Å². The zero-order chi connectivity index (χ0) is 11.9. The molecule has 1 unspecified atom stereocenters. The van der Waals surface area contributed by atoms with Gasteiger partial charge < -0.3 is 10.2 Å². The smallest absolute Gasteiger partial charge is 0.226 e. The minimum absolute atomic E-state index is 0. The topological polar surface area (TPSA) is 32.3 Å². The van der Waals surface area contributed by atoms with Crippen LogP contribution in [0.5, 0.6) is 0 Å². The van der Waals surface area contributed by atoms with E-state index in [0.29, 0.717) is 23.3 Å². The van der Waals surface area contributed by atoms with Gasteiger partial charge in [0.1, 0.15) is 0 Å². The maximum atomic E-state index is 12.5. The Hall–Kier alpha value is -0.280. The van der Waals surface area contributed by atoms with E-state index in [-0.39, 0.29) is 12.4 Å². The maximum absolute atomic E-state index is 12.5. The second kappa shape index (κ2) is 5.38. The van der Waals surface area contributed by atoms with Gasteiger partial charge >= 0.3 is 0 Å². The summed E-state index contributed by atoms with van der Waals surface area (Å²) in [6.07, 6.45) is 8.64. The molecule has 2 saturated carbocycles. The first kappa shape index (κ1) is 14.1. The number of hydrogen-bond donors (Lipinski definition) is 1. The summed E-state index contributed by atoms with van der Waals surface area (Å²) in [6, 6.07) is 0.543. The minimum Gasteiger partial charge on any atom is -0.343 e. The van der Waals surface area contributed by atoms with Crippen molar-refractivity contribution < 1.29 is 4.79 Å². The van der Waals surface area contributed by atoms with Gasteiger partial charge in [0.2, 0.25) is 5.91 Å². The molecule has 0 aromatic rings. The molecule has 18 heavy (non-hydrogen) atoms. The molecule has 1 heterocycles.